The average Bonchev–Trinajstić information content (AvgIpc) is 2.61. The van der Waals surface area contributed by atoms with Crippen LogP contribution >= 0.6 is 0 Å². The number of aryl methyl sites for hydroxylation is 1. The van der Waals surface area contributed by atoms with Gasteiger partial charge in [-0.15, -0.1) is 0 Å². The predicted octanol–water partition coefficient (Wildman–Crippen LogP) is 4.02. The highest BCUT2D eigenvalue weighted by molar-refractivity contribution is 6.10. The van der Waals surface area contributed by atoms with Crippen LogP contribution < -0.4 is 4.74 Å². The van der Waals surface area contributed by atoms with Crippen molar-refractivity contribution in [2.45, 2.75) is 39.2 Å². The molecule has 0 saturated heterocycles. The second-order valence-corrected chi connectivity index (χ2v) is 5.58. The molecule has 0 aliphatic rings. The lowest BCUT2D eigenvalue weighted by molar-refractivity contribution is 0.103. The summed E-state index contributed by atoms with van der Waals surface area (Å²) in [7, 11) is 0. The average molecular weight is 312 g/mol. The third-order valence-electron chi connectivity index (χ3n) is 3.91. The van der Waals surface area contributed by atoms with Crippen molar-refractivity contribution in [2.24, 2.45) is 0 Å². The molecule has 3 heteroatoms. The van der Waals surface area contributed by atoms with Crippen molar-refractivity contribution in [3.63, 3.8) is 0 Å². The van der Waals surface area contributed by atoms with Gasteiger partial charge in [0.15, 0.2) is 5.78 Å². The second-order valence-electron chi connectivity index (χ2n) is 5.58. The number of benzene rings is 2. The van der Waals surface area contributed by atoms with Crippen LogP contribution in [0.25, 0.3) is 0 Å². The lowest BCUT2D eigenvalue weighted by Crippen LogP contribution is -2.12. The van der Waals surface area contributed by atoms with Gasteiger partial charge in [-0.25, -0.2) is 0 Å². The number of ether oxygens (including phenoxy) is 1. The molecule has 2 rings (SSSR count). The van der Waals surface area contributed by atoms with E-state index in [1.165, 1.54) is 0 Å². The van der Waals surface area contributed by atoms with E-state index in [9.17, 15) is 9.90 Å². The topological polar surface area (TPSA) is 46.5 Å². The molecule has 0 amide bonds. The van der Waals surface area contributed by atoms with Gasteiger partial charge in [-0.05, 0) is 30.5 Å². The molecule has 2 aromatic rings. The Morgan fingerprint density at radius 2 is 1.87 bits per heavy atom. The first kappa shape index (κ1) is 17.2. The Labute approximate surface area is 137 Å². The van der Waals surface area contributed by atoms with Gasteiger partial charge in [0.25, 0.3) is 0 Å². The smallest absolute Gasteiger partial charge is 0.196 e. The van der Waals surface area contributed by atoms with Gasteiger partial charge in [-0.2, -0.15) is 0 Å². The Morgan fingerprint density at radius 1 is 1.13 bits per heavy atom. The Morgan fingerprint density at radius 3 is 2.52 bits per heavy atom. The van der Waals surface area contributed by atoms with Gasteiger partial charge in [0.05, 0.1) is 18.3 Å². The maximum absolute atomic E-state index is 12.8. The highest BCUT2D eigenvalue weighted by Crippen LogP contribution is 2.24. The van der Waals surface area contributed by atoms with Crippen molar-refractivity contribution in [2.75, 3.05) is 6.61 Å². The van der Waals surface area contributed by atoms with Crippen LogP contribution in [0.5, 0.6) is 5.75 Å². The first-order valence-electron chi connectivity index (χ1n) is 8.19. The number of aliphatic hydroxyl groups excluding tert-OH is 1. The highest BCUT2D eigenvalue weighted by atomic mass is 16.5. The molecular formula is C20H24O3. The van der Waals surface area contributed by atoms with E-state index in [1.807, 2.05) is 55.5 Å². The third kappa shape index (κ3) is 4.67. The minimum atomic E-state index is -0.363. The molecule has 0 aliphatic carbocycles. The summed E-state index contributed by atoms with van der Waals surface area (Å²) in [6.45, 7) is 4.39. The van der Waals surface area contributed by atoms with Crippen molar-refractivity contribution < 1.29 is 14.6 Å². The summed E-state index contributed by atoms with van der Waals surface area (Å²) >= 11 is 0. The van der Waals surface area contributed by atoms with Gasteiger partial charge in [-0.3, -0.25) is 4.79 Å². The summed E-state index contributed by atoms with van der Waals surface area (Å²) < 4.78 is 5.77. The normalized spacial score (nSPS) is 12.0. The summed E-state index contributed by atoms with van der Waals surface area (Å²) in [5.41, 5.74) is 2.34. The molecule has 1 unspecified atom stereocenters. The highest BCUT2D eigenvalue weighted by Gasteiger charge is 2.15. The van der Waals surface area contributed by atoms with Gasteiger partial charge in [0, 0.05) is 12.0 Å². The van der Waals surface area contributed by atoms with Crippen molar-refractivity contribution in [3.05, 3.63) is 65.2 Å². The monoisotopic (exact) mass is 312 g/mol. The van der Waals surface area contributed by atoms with Gasteiger partial charge in [-0.1, -0.05) is 50.2 Å². The van der Waals surface area contributed by atoms with E-state index in [0.29, 0.717) is 36.3 Å². The Bertz CT molecular complexity index is 635. The van der Waals surface area contributed by atoms with E-state index >= 15 is 0 Å². The second kappa shape index (κ2) is 8.49. The molecule has 23 heavy (non-hydrogen) atoms. The fraction of sp³-hybridized carbons (Fsp3) is 0.350. The van der Waals surface area contributed by atoms with Crippen LogP contribution in [0.1, 0.15) is 48.2 Å². The molecule has 0 aliphatic heterocycles. The van der Waals surface area contributed by atoms with E-state index < -0.39 is 0 Å². The van der Waals surface area contributed by atoms with Crippen LogP contribution in [0, 0.1) is 0 Å². The molecule has 0 saturated carbocycles. The van der Waals surface area contributed by atoms with Gasteiger partial charge in [0.1, 0.15) is 5.75 Å². The van der Waals surface area contributed by atoms with Crippen molar-refractivity contribution in [1.82, 2.24) is 0 Å². The molecule has 0 spiro atoms. The largest absolute Gasteiger partial charge is 0.493 e. The van der Waals surface area contributed by atoms with Crippen LogP contribution in [0.4, 0.5) is 0 Å². The molecule has 122 valence electrons. The quantitative estimate of drug-likeness (QED) is 0.749. The summed E-state index contributed by atoms with van der Waals surface area (Å²) in [6, 6.07) is 15.0. The zero-order valence-electron chi connectivity index (χ0n) is 13.8. The van der Waals surface area contributed by atoms with Crippen molar-refractivity contribution in [3.8, 4) is 5.75 Å². The molecule has 0 aromatic heterocycles. The Balaban J connectivity index is 2.23. The third-order valence-corrected chi connectivity index (χ3v) is 3.91. The van der Waals surface area contributed by atoms with E-state index in [-0.39, 0.29) is 11.9 Å². The predicted molar refractivity (Wildman–Crippen MR) is 92.1 cm³/mol. The lowest BCUT2D eigenvalue weighted by Gasteiger charge is -2.14. The number of hydrogen-bond donors (Lipinski definition) is 1. The molecule has 0 heterocycles. The number of carbonyl (C=O) groups is 1. The molecule has 1 N–H and O–H groups in total. The SMILES string of the molecule is CCc1ccc(OCCC(O)CC)c(C(=O)c2ccccc2)c1. The number of rotatable bonds is 8. The lowest BCUT2D eigenvalue weighted by atomic mass is 9.99. The first-order chi connectivity index (χ1) is 11.2. The van der Waals surface area contributed by atoms with Gasteiger partial charge in [0.2, 0.25) is 0 Å². The maximum Gasteiger partial charge on any atom is 0.196 e. The van der Waals surface area contributed by atoms with E-state index in [2.05, 4.69) is 6.92 Å². The summed E-state index contributed by atoms with van der Waals surface area (Å²) in [5, 5.41) is 9.63. The first-order valence-corrected chi connectivity index (χ1v) is 8.19. The summed E-state index contributed by atoms with van der Waals surface area (Å²) in [6.07, 6.45) is 1.77. The molecule has 0 radical (unpaired) electrons. The van der Waals surface area contributed by atoms with Crippen LogP contribution in [-0.4, -0.2) is 23.6 Å². The Hall–Kier alpha value is -2.13. The van der Waals surface area contributed by atoms with Gasteiger partial charge < -0.3 is 9.84 Å². The van der Waals surface area contributed by atoms with Crippen molar-refractivity contribution >= 4 is 5.78 Å². The molecular weight excluding hydrogens is 288 g/mol. The standard InChI is InChI=1S/C20H24O3/c1-3-15-10-11-19(23-13-12-17(21)4-2)18(14-15)20(22)16-8-6-5-7-9-16/h5-11,14,17,21H,3-4,12-13H2,1-2H3. The maximum atomic E-state index is 12.8. The molecule has 0 fully saturated rings. The van der Waals surface area contributed by atoms with Crippen LogP contribution in [0.15, 0.2) is 48.5 Å². The number of carbonyl (C=O) groups excluding carboxylic acids is 1. The summed E-state index contributed by atoms with van der Waals surface area (Å²) in [4.78, 5) is 12.8. The van der Waals surface area contributed by atoms with Crippen molar-refractivity contribution in [1.29, 1.82) is 0 Å². The van der Waals surface area contributed by atoms with Crippen LogP contribution in [0.2, 0.25) is 0 Å². The fourth-order valence-electron chi connectivity index (χ4n) is 2.35. The molecule has 1 atom stereocenters. The van der Waals surface area contributed by atoms with Crippen LogP contribution in [-0.2, 0) is 6.42 Å². The minimum Gasteiger partial charge on any atom is -0.493 e. The molecule has 2 aromatic carbocycles. The Kier molecular flexibility index (Phi) is 6.36. The van der Waals surface area contributed by atoms with E-state index in [4.69, 9.17) is 4.74 Å². The minimum absolute atomic E-state index is 0.0352. The van der Waals surface area contributed by atoms with Crippen LogP contribution in [0.3, 0.4) is 0 Å². The van der Waals surface area contributed by atoms with E-state index in [1.54, 1.807) is 0 Å². The zero-order valence-corrected chi connectivity index (χ0v) is 13.8. The molecule has 3 nitrogen and oxygen atoms in total. The molecule has 0 bridgehead atoms. The number of aliphatic hydroxyl groups is 1. The van der Waals surface area contributed by atoms with Gasteiger partial charge >= 0.3 is 0 Å². The summed E-state index contributed by atoms with van der Waals surface area (Å²) in [5.74, 6) is 0.547. The van der Waals surface area contributed by atoms with E-state index in [0.717, 1.165) is 12.0 Å². The number of hydrogen-bond acceptors (Lipinski definition) is 3. The number of ketones is 1. The zero-order chi connectivity index (χ0) is 16.7. The fourth-order valence-corrected chi connectivity index (χ4v) is 2.35.